The second-order valence-corrected chi connectivity index (χ2v) is 5.42. The van der Waals surface area contributed by atoms with Crippen molar-refractivity contribution in [2.75, 3.05) is 13.2 Å². The highest BCUT2D eigenvalue weighted by Gasteiger charge is 2.19. The Bertz CT molecular complexity index is 447. The van der Waals surface area contributed by atoms with E-state index in [4.69, 9.17) is 17.0 Å². The molecular weight excluding hydrogens is 232 g/mol. The fourth-order valence-electron chi connectivity index (χ4n) is 2.45. The van der Waals surface area contributed by atoms with Gasteiger partial charge < -0.3 is 9.72 Å². The first-order chi connectivity index (χ1) is 8.09. The number of aromatic amines is 1. The zero-order valence-corrected chi connectivity index (χ0v) is 11.6. The molecule has 0 bridgehead atoms. The van der Waals surface area contributed by atoms with Gasteiger partial charge in [0.25, 0.3) is 0 Å². The monoisotopic (exact) mass is 252 g/mol. The molecule has 1 fully saturated rings. The molecule has 1 N–H and O–H groups in total. The van der Waals surface area contributed by atoms with Crippen molar-refractivity contribution in [2.45, 2.75) is 45.4 Å². The molecule has 94 valence electrons. The third-order valence-electron chi connectivity index (χ3n) is 3.30. The molecule has 0 amide bonds. The minimum absolute atomic E-state index is 0.380. The lowest BCUT2D eigenvalue weighted by Gasteiger charge is -2.22. The van der Waals surface area contributed by atoms with E-state index in [-0.39, 0.29) is 0 Å². The first kappa shape index (κ1) is 12.7. The Balaban J connectivity index is 2.34. The molecule has 2 rings (SSSR count). The van der Waals surface area contributed by atoms with Crippen molar-refractivity contribution in [2.24, 2.45) is 0 Å². The summed E-state index contributed by atoms with van der Waals surface area (Å²) in [4.78, 5) is 7.97. The van der Waals surface area contributed by atoms with Gasteiger partial charge in [-0.1, -0.05) is 26.1 Å². The minimum atomic E-state index is 0.380. The minimum Gasteiger partial charge on any atom is -0.381 e. The van der Waals surface area contributed by atoms with Gasteiger partial charge in [0.15, 0.2) is 0 Å². The number of ether oxygens (including phenoxy) is 1. The standard InChI is InChI=1S/C13H20N2OS/c1-8(2)11-9(3)14-12(15-13(11)17)10-5-4-6-16-7-10/h8,10H,4-7H2,1-3H3,(H,14,15,17). The predicted molar refractivity (Wildman–Crippen MR) is 71.0 cm³/mol. The van der Waals surface area contributed by atoms with E-state index >= 15 is 0 Å². The zero-order valence-electron chi connectivity index (χ0n) is 10.7. The van der Waals surface area contributed by atoms with Crippen LogP contribution in [0.25, 0.3) is 0 Å². The summed E-state index contributed by atoms with van der Waals surface area (Å²) in [6, 6.07) is 0. The summed E-state index contributed by atoms with van der Waals surface area (Å²) in [5.41, 5.74) is 2.32. The lowest BCUT2D eigenvalue weighted by molar-refractivity contribution is 0.0779. The summed E-state index contributed by atoms with van der Waals surface area (Å²) in [5.74, 6) is 1.80. The number of H-pyrrole nitrogens is 1. The number of hydrogen-bond acceptors (Lipinski definition) is 3. The summed E-state index contributed by atoms with van der Waals surface area (Å²) in [6.45, 7) is 8.02. The van der Waals surface area contributed by atoms with Crippen LogP contribution in [-0.2, 0) is 4.74 Å². The number of rotatable bonds is 2. The Kier molecular flexibility index (Phi) is 3.94. The number of nitrogens with zero attached hydrogens (tertiary/aromatic N) is 1. The van der Waals surface area contributed by atoms with Gasteiger partial charge in [-0.15, -0.1) is 0 Å². The molecule has 4 heteroatoms. The van der Waals surface area contributed by atoms with E-state index in [1.807, 2.05) is 0 Å². The van der Waals surface area contributed by atoms with Crippen molar-refractivity contribution >= 4 is 12.2 Å². The van der Waals surface area contributed by atoms with E-state index in [9.17, 15) is 0 Å². The molecule has 1 aromatic heterocycles. The summed E-state index contributed by atoms with van der Waals surface area (Å²) in [6.07, 6.45) is 2.25. The number of aryl methyl sites for hydroxylation is 1. The maximum Gasteiger partial charge on any atom is 0.133 e. The van der Waals surface area contributed by atoms with Crippen LogP contribution in [0.5, 0.6) is 0 Å². The molecule has 1 aromatic rings. The van der Waals surface area contributed by atoms with E-state index in [2.05, 4.69) is 30.7 Å². The molecule has 0 radical (unpaired) electrons. The smallest absolute Gasteiger partial charge is 0.133 e. The Morgan fingerprint density at radius 3 is 2.76 bits per heavy atom. The zero-order chi connectivity index (χ0) is 12.4. The van der Waals surface area contributed by atoms with Crippen LogP contribution in [-0.4, -0.2) is 23.2 Å². The molecule has 0 saturated carbocycles. The van der Waals surface area contributed by atoms with Gasteiger partial charge in [-0.3, -0.25) is 0 Å². The van der Waals surface area contributed by atoms with Crippen LogP contribution < -0.4 is 0 Å². The topological polar surface area (TPSA) is 37.9 Å². The highest BCUT2D eigenvalue weighted by molar-refractivity contribution is 7.71. The second-order valence-electron chi connectivity index (χ2n) is 5.03. The molecule has 3 nitrogen and oxygen atoms in total. The van der Waals surface area contributed by atoms with Crippen molar-refractivity contribution in [3.63, 3.8) is 0 Å². The molecule has 1 atom stereocenters. The SMILES string of the molecule is Cc1[nH]c(C2CCCOC2)nc(=S)c1C(C)C. The normalized spacial score (nSPS) is 20.8. The molecule has 0 aliphatic carbocycles. The fraction of sp³-hybridized carbons (Fsp3) is 0.692. The molecule has 1 aliphatic heterocycles. The fourth-order valence-corrected chi connectivity index (χ4v) is 2.93. The molecule has 1 unspecified atom stereocenters. The molecule has 2 heterocycles. The average molecular weight is 252 g/mol. The molecule has 0 aromatic carbocycles. The van der Waals surface area contributed by atoms with E-state index in [0.29, 0.717) is 11.8 Å². The second kappa shape index (κ2) is 5.27. The van der Waals surface area contributed by atoms with Crippen molar-refractivity contribution in [1.29, 1.82) is 0 Å². The predicted octanol–water partition coefficient (Wildman–Crippen LogP) is 3.47. The van der Waals surface area contributed by atoms with E-state index in [1.54, 1.807) is 0 Å². The Labute approximate surface area is 108 Å². The van der Waals surface area contributed by atoms with Crippen molar-refractivity contribution in [3.8, 4) is 0 Å². The van der Waals surface area contributed by atoms with Gasteiger partial charge in [-0.2, -0.15) is 0 Å². The van der Waals surface area contributed by atoms with Crippen molar-refractivity contribution < 1.29 is 4.74 Å². The summed E-state index contributed by atoms with van der Waals surface area (Å²) in [5, 5.41) is 0. The van der Waals surface area contributed by atoms with Gasteiger partial charge in [0.2, 0.25) is 0 Å². The van der Waals surface area contributed by atoms with Crippen LogP contribution in [0.3, 0.4) is 0 Å². The van der Waals surface area contributed by atoms with E-state index < -0.39 is 0 Å². The first-order valence-corrected chi connectivity index (χ1v) is 6.69. The maximum absolute atomic E-state index is 5.50. The quantitative estimate of drug-likeness (QED) is 0.819. The van der Waals surface area contributed by atoms with E-state index in [1.165, 1.54) is 5.56 Å². The molecular formula is C13H20N2OS. The number of hydrogen-bond donors (Lipinski definition) is 1. The van der Waals surface area contributed by atoms with Crippen LogP contribution in [0.15, 0.2) is 0 Å². The largest absolute Gasteiger partial charge is 0.381 e. The van der Waals surface area contributed by atoms with Crippen LogP contribution in [0, 0.1) is 11.6 Å². The first-order valence-electron chi connectivity index (χ1n) is 6.28. The average Bonchev–Trinajstić information content (AvgIpc) is 2.28. The summed E-state index contributed by atoms with van der Waals surface area (Å²) >= 11 is 5.40. The highest BCUT2D eigenvalue weighted by Crippen LogP contribution is 2.25. The molecule has 17 heavy (non-hydrogen) atoms. The Hall–Kier alpha value is -0.740. The van der Waals surface area contributed by atoms with Crippen LogP contribution in [0.4, 0.5) is 0 Å². The summed E-state index contributed by atoms with van der Waals surface area (Å²) < 4.78 is 6.25. The van der Waals surface area contributed by atoms with Crippen molar-refractivity contribution in [3.05, 3.63) is 21.7 Å². The Morgan fingerprint density at radius 1 is 1.47 bits per heavy atom. The highest BCUT2D eigenvalue weighted by atomic mass is 32.1. The number of nitrogens with one attached hydrogen (secondary N) is 1. The van der Waals surface area contributed by atoms with Gasteiger partial charge in [0.1, 0.15) is 10.5 Å². The molecule has 1 aliphatic rings. The van der Waals surface area contributed by atoms with E-state index in [0.717, 1.165) is 42.2 Å². The maximum atomic E-state index is 5.50. The molecule has 0 spiro atoms. The molecule has 1 saturated heterocycles. The van der Waals surface area contributed by atoms with Gasteiger partial charge in [-0.05, 0) is 25.7 Å². The third kappa shape index (κ3) is 2.75. The van der Waals surface area contributed by atoms with Gasteiger partial charge in [-0.25, -0.2) is 4.98 Å². The summed E-state index contributed by atoms with van der Waals surface area (Å²) in [7, 11) is 0. The van der Waals surface area contributed by atoms with Gasteiger partial charge >= 0.3 is 0 Å². The number of aromatic nitrogens is 2. The van der Waals surface area contributed by atoms with Gasteiger partial charge in [0.05, 0.1) is 6.61 Å². The third-order valence-corrected chi connectivity index (χ3v) is 3.61. The van der Waals surface area contributed by atoms with Crippen LogP contribution >= 0.6 is 12.2 Å². The van der Waals surface area contributed by atoms with Crippen LogP contribution in [0.2, 0.25) is 0 Å². The lowest BCUT2D eigenvalue weighted by atomic mass is 9.99. The Morgan fingerprint density at radius 2 is 2.24 bits per heavy atom. The van der Waals surface area contributed by atoms with Crippen molar-refractivity contribution in [1.82, 2.24) is 9.97 Å². The van der Waals surface area contributed by atoms with Gasteiger partial charge in [0, 0.05) is 23.8 Å². The lowest BCUT2D eigenvalue weighted by Crippen LogP contribution is -2.19. The van der Waals surface area contributed by atoms with Crippen LogP contribution in [0.1, 0.15) is 55.6 Å².